The fraction of sp³-hybridized carbons (Fsp3) is 0.261. The van der Waals surface area contributed by atoms with Crippen LogP contribution in [0.4, 0.5) is 0 Å². The number of fused-ring (bicyclic) bond motifs is 1. The number of rotatable bonds is 4. The molecule has 2 aromatic rings. The molecule has 0 radical (unpaired) electrons. The van der Waals surface area contributed by atoms with Crippen LogP contribution in [0.3, 0.4) is 0 Å². The summed E-state index contributed by atoms with van der Waals surface area (Å²) < 4.78 is 0. The van der Waals surface area contributed by atoms with Gasteiger partial charge >= 0.3 is 0 Å². The lowest BCUT2D eigenvalue weighted by molar-refractivity contribution is -0.155. The average molecular weight is 443 g/mol. The molecule has 7 heteroatoms. The Kier molecular flexibility index (Phi) is 5.67. The highest BCUT2D eigenvalue weighted by atomic mass is 35.5. The van der Waals surface area contributed by atoms with Gasteiger partial charge in [0.2, 0.25) is 0 Å². The first kappa shape index (κ1) is 20.6. The Morgan fingerprint density at radius 2 is 1.70 bits per heavy atom. The van der Waals surface area contributed by atoms with Crippen molar-refractivity contribution in [1.29, 1.82) is 0 Å². The summed E-state index contributed by atoms with van der Waals surface area (Å²) in [6.45, 7) is 1.96. The standard InChI is InChI=1S/C23H20Cl2N2O3/c1-14-6-11-18-19(12-14)23(30)27(22(18)29)26(13-16-4-2-3-5-20(16)25)21(28)15-7-9-17(24)10-8-15/h2-10,18-19H,11-13H2,1H3/t18-,19-/m0/s1. The summed E-state index contributed by atoms with van der Waals surface area (Å²) in [7, 11) is 0. The summed E-state index contributed by atoms with van der Waals surface area (Å²) in [4.78, 5) is 39.8. The summed E-state index contributed by atoms with van der Waals surface area (Å²) in [5.41, 5.74) is 2.06. The van der Waals surface area contributed by atoms with Gasteiger partial charge in [-0.25, -0.2) is 5.01 Å². The summed E-state index contributed by atoms with van der Waals surface area (Å²) in [6.07, 6.45) is 3.03. The summed E-state index contributed by atoms with van der Waals surface area (Å²) in [5, 5.41) is 3.19. The topological polar surface area (TPSA) is 57.7 Å². The molecule has 0 bridgehead atoms. The van der Waals surface area contributed by atoms with Crippen LogP contribution in [-0.2, 0) is 16.1 Å². The maximum absolute atomic E-state index is 13.4. The number of nitrogens with zero attached hydrogens (tertiary/aromatic N) is 2. The van der Waals surface area contributed by atoms with E-state index in [1.54, 1.807) is 48.5 Å². The zero-order chi connectivity index (χ0) is 21.4. The van der Waals surface area contributed by atoms with Crippen molar-refractivity contribution >= 4 is 40.9 Å². The van der Waals surface area contributed by atoms with Gasteiger partial charge in [-0.2, -0.15) is 5.01 Å². The summed E-state index contributed by atoms with van der Waals surface area (Å²) >= 11 is 12.3. The lowest BCUT2D eigenvalue weighted by atomic mass is 9.82. The minimum atomic E-state index is -0.461. The molecule has 1 fully saturated rings. The van der Waals surface area contributed by atoms with Gasteiger partial charge in [0.05, 0.1) is 18.4 Å². The molecule has 3 amide bonds. The second-order valence-corrected chi connectivity index (χ2v) is 8.50. The number of carbonyl (C=O) groups excluding carboxylic acids is 3. The van der Waals surface area contributed by atoms with E-state index < -0.39 is 17.7 Å². The van der Waals surface area contributed by atoms with Crippen LogP contribution in [0, 0.1) is 11.8 Å². The van der Waals surface area contributed by atoms with Crippen LogP contribution in [-0.4, -0.2) is 27.7 Å². The van der Waals surface area contributed by atoms with Crippen molar-refractivity contribution in [3.8, 4) is 0 Å². The number of amides is 3. The van der Waals surface area contributed by atoms with Crippen molar-refractivity contribution in [3.05, 3.63) is 81.4 Å². The number of carbonyl (C=O) groups is 3. The second kappa shape index (κ2) is 8.25. The Hall–Kier alpha value is -2.63. The fourth-order valence-electron chi connectivity index (χ4n) is 4.02. The molecule has 2 aliphatic rings. The minimum Gasteiger partial charge on any atom is -0.272 e. The van der Waals surface area contributed by atoms with Gasteiger partial charge in [-0.1, -0.05) is 53.1 Å². The molecule has 30 heavy (non-hydrogen) atoms. The first-order valence-electron chi connectivity index (χ1n) is 9.71. The first-order valence-corrected chi connectivity index (χ1v) is 10.5. The highest BCUT2D eigenvalue weighted by molar-refractivity contribution is 6.31. The van der Waals surface area contributed by atoms with Crippen LogP contribution in [0.25, 0.3) is 0 Å². The largest absolute Gasteiger partial charge is 0.273 e. The molecule has 0 unspecified atom stereocenters. The van der Waals surface area contributed by atoms with E-state index in [2.05, 4.69) is 0 Å². The first-order chi connectivity index (χ1) is 14.4. The highest BCUT2D eigenvalue weighted by Gasteiger charge is 2.51. The Bertz CT molecular complexity index is 1050. The molecule has 154 valence electrons. The molecule has 1 saturated heterocycles. The lowest BCUT2D eigenvalue weighted by Crippen LogP contribution is -2.49. The third-order valence-electron chi connectivity index (χ3n) is 5.64. The van der Waals surface area contributed by atoms with Crippen molar-refractivity contribution in [2.75, 3.05) is 0 Å². The quantitative estimate of drug-likeness (QED) is 0.500. The highest BCUT2D eigenvalue weighted by Crippen LogP contribution is 2.39. The zero-order valence-corrected chi connectivity index (χ0v) is 17.9. The molecule has 1 aliphatic heterocycles. The van der Waals surface area contributed by atoms with Gasteiger partial charge in [-0.3, -0.25) is 14.4 Å². The van der Waals surface area contributed by atoms with Crippen molar-refractivity contribution < 1.29 is 14.4 Å². The monoisotopic (exact) mass is 442 g/mol. The summed E-state index contributed by atoms with van der Waals surface area (Å²) in [6, 6.07) is 13.4. The molecule has 0 aromatic heterocycles. The Morgan fingerprint density at radius 1 is 1.03 bits per heavy atom. The molecule has 0 spiro atoms. The molecule has 2 atom stereocenters. The van der Waals surface area contributed by atoms with Gasteiger partial charge in [-0.05, 0) is 55.7 Å². The van der Waals surface area contributed by atoms with Crippen LogP contribution >= 0.6 is 23.2 Å². The molecule has 0 N–H and O–H groups in total. The smallest absolute Gasteiger partial charge is 0.272 e. The van der Waals surface area contributed by atoms with Gasteiger partial charge in [0, 0.05) is 15.6 Å². The van der Waals surface area contributed by atoms with Gasteiger partial charge in [0.15, 0.2) is 0 Å². The van der Waals surface area contributed by atoms with Crippen LogP contribution < -0.4 is 0 Å². The maximum atomic E-state index is 13.4. The number of allylic oxidation sites excluding steroid dienone is 2. The van der Waals surface area contributed by atoms with Gasteiger partial charge < -0.3 is 0 Å². The molecule has 1 heterocycles. The molecule has 1 aliphatic carbocycles. The van der Waals surface area contributed by atoms with Crippen LogP contribution in [0.2, 0.25) is 10.0 Å². The van der Waals surface area contributed by atoms with Crippen LogP contribution in [0.15, 0.2) is 60.2 Å². The SMILES string of the molecule is CC1=CC[C@@H]2C(=O)N(N(Cc3ccccc3Cl)C(=O)c3ccc(Cl)cc3)C(=O)[C@H]2C1. The third kappa shape index (κ3) is 3.75. The minimum absolute atomic E-state index is 0.00443. The average Bonchev–Trinajstić information content (AvgIpc) is 2.97. The third-order valence-corrected chi connectivity index (χ3v) is 6.27. The van der Waals surface area contributed by atoms with E-state index in [9.17, 15) is 14.4 Å². The van der Waals surface area contributed by atoms with Crippen molar-refractivity contribution in [3.63, 3.8) is 0 Å². The number of hydrogen-bond donors (Lipinski definition) is 0. The predicted molar refractivity (Wildman–Crippen MR) is 115 cm³/mol. The molecular formula is C23H20Cl2N2O3. The lowest BCUT2D eigenvalue weighted by Gasteiger charge is -2.31. The van der Waals surface area contributed by atoms with E-state index in [-0.39, 0.29) is 18.4 Å². The molecule has 2 aromatic carbocycles. The molecular weight excluding hydrogens is 423 g/mol. The molecule has 4 rings (SSSR count). The Labute approximate surface area is 184 Å². The number of imide groups is 1. The van der Waals surface area contributed by atoms with Crippen molar-refractivity contribution in [1.82, 2.24) is 10.0 Å². The zero-order valence-electron chi connectivity index (χ0n) is 16.3. The number of halogens is 2. The van der Waals surface area contributed by atoms with Crippen molar-refractivity contribution in [2.45, 2.75) is 26.3 Å². The van der Waals surface area contributed by atoms with E-state index >= 15 is 0 Å². The van der Waals surface area contributed by atoms with E-state index in [1.165, 1.54) is 5.01 Å². The van der Waals surface area contributed by atoms with Crippen molar-refractivity contribution in [2.24, 2.45) is 11.8 Å². The van der Waals surface area contributed by atoms with Crippen LogP contribution in [0.5, 0.6) is 0 Å². The van der Waals surface area contributed by atoms with Crippen LogP contribution in [0.1, 0.15) is 35.7 Å². The van der Waals surface area contributed by atoms with Gasteiger partial charge in [0.25, 0.3) is 17.7 Å². The fourth-order valence-corrected chi connectivity index (χ4v) is 4.34. The number of hydrazine groups is 1. The second-order valence-electron chi connectivity index (χ2n) is 7.65. The van der Waals surface area contributed by atoms with E-state index in [4.69, 9.17) is 23.2 Å². The van der Waals surface area contributed by atoms with Gasteiger partial charge in [-0.15, -0.1) is 0 Å². The Balaban J connectivity index is 1.72. The molecule has 5 nitrogen and oxygen atoms in total. The predicted octanol–water partition coefficient (Wildman–Crippen LogP) is 4.89. The maximum Gasteiger partial charge on any atom is 0.273 e. The molecule has 0 saturated carbocycles. The van der Waals surface area contributed by atoms with E-state index in [0.29, 0.717) is 34.0 Å². The van der Waals surface area contributed by atoms with E-state index in [0.717, 1.165) is 10.6 Å². The number of hydrogen-bond acceptors (Lipinski definition) is 3. The van der Waals surface area contributed by atoms with E-state index in [1.807, 2.05) is 13.0 Å². The normalized spacial score (nSPS) is 20.8. The number of benzene rings is 2. The Morgan fingerprint density at radius 3 is 2.40 bits per heavy atom. The summed E-state index contributed by atoms with van der Waals surface area (Å²) in [5.74, 6) is -2.02. The van der Waals surface area contributed by atoms with Gasteiger partial charge in [0.1, 0.15) is 0 Å².